The maximum Gasteiger partial charge on any atom is 0.236 e. The molecule has 1 aliphatic carbocycles. The van der Waals surface area contributed by atoms with Gasteiger partial charge in [-0.2, -0.15) is 5.10 Å². The largest absolute Gasteiger partial charge is 0.474 e. The van der Waals surface area contributed by atoms with E-state index in [1.165, 1.54) is 6.07 Å². The molecule has 4 heterocycles. The van der Waals surface area contributed by atoms with Crippen LogP contribution in [0.4, 0.5) is 8.78 Å². The molecule has 11 heteroatoms. The van der Waals surface area contributed by atoms with Crippen molar-refractivity contribution in [2.75, 3.05) is 19.9 Å². The second kappa shape index (κ2) is 9.90. The van der Waals surface area contributed by atoms with E-state index >= 15 is 4.39 Å². The first-order valence-electron chi connectivity index (χ1n) is 12.4. The number of halogens is 3. The molecule has 2 atom stereocenters. The first-order chi connectivity index (χ1) is 18.0. The minimum absolute atomic E-state index is 0.0360. The Morgan fingerprint density at radius 1 is 1.16 bits per heavy atom. The molecular formula is C26H25ClF2N6O2. The molecule has 3 aromatic heterocycles. The van der Waals surface area contributed by atoms with Gasteiger partial charge in [-0.05, 0) is 50.8 Å². The fourth-order valence-corrected chi connectivity index (χ4v) is 4.83. The third-order valence-electron chi connectivity index (χ3n) is 6.74. The van der Waals surface area contributed by atoms with E-state index in [1.807, 2.05) is 10.9 Å². The summed E-state index contributed by atoms with van der Waals surface area (Å²) >= 11 is 6.00. The van der Waals surface area contributed by atoms with E-state index in [2.05, 4.69) is 21.3 Å². The van der Waals surface area contributed by atoms with Gasteiger partial charge in [0.15, 0.2) is 5.65 Å². The minimum Gasteiger partial charge on any atom is -0.474 e. The molecule has 1 aliphatic heterocycles. The lowest BCUT2D eigenvalue weighted by molar-refractivity contribution is 0.00396. The van der Waals surface area contributed by atoms with Gasteiger partial charge < -0.3 is 9.47 Å². The highest BCUT2D eigenvalue weighted by Gasteiger charge is 2.31. The van der Waals surface area contributed by atoms with Crippen LogP contribution in [-0.4, -0.2) is 49.6 Å². The first-order valence-corrected chi connectivity index (χ1v) is 12.7. The summed E-state index contributed by atoms with van der Waals surface area (Å²) < 4.78 is 41.3. The molecular weight excluding hydrogens is 502 g/mol. The Morgan fingerprint density at radius 3 is 2.81 bits per heavy atom. The SMILES string of the molecule is Cc1nc2nc(C3CCOC(c4cnn(C5CC5)c4)C3)nc(-c3ccc(Cl)cc3F)c2nc1OCCF. The van der Waals surface area contributed by atoms with Gasteiger partial charge in [0.05, 0.1) is 18.3 Å². The zero-order valence-electron chi connectivity index (χ0n) is 20.2. The molecule has 37 heavy (non-hydrogen) atoms. The summed E-state index contributed by atoms with van der Waals surface area (Å²) in [7, 11) is 0. The van der Waals surface area contributed by atoms with Gasteiger partial charge in [-0.3, -0.25) is 4.68 Å². The van der Waals surface area contributed by atoms with Crippen LogP contribution in [0.1, 0.15) is 60.8 Å². The molecule has 192 valence electrons. The lowest BCUT2D eigenvalue weighted by atomic mass is 9.92. The zero-order chi connectivity index (χ0) is 25.5. The Morgan fingerprint density at radius 2 is 2.03 bits per heavy atom. The monoisotopic (exact) mass is 526 g/mol. The molecule has 8 nitrogen and oxygen atoms in total. The molecule has 2 unspecified atom stereocenters. The summed E-state index contributed by atoms with van der Waals surface area (Å²) in [5, 5.41) is 4.77. The van der Waals surface area contributed by atoms with Crippen LogP contribution in [0, 0.1) is 12.7 Å². The van der Waals surface area contributed by atoms with Gasteiger partial charge in [0.1, 0.15) is 41.8 Å². The molecule has 0 spiro atoms. The topological polar surface area (TPSA) is 87.8 Å². The molecule has 1 saturated heterocycles. The van der Waals surface area contributed by atoms with E-state index < -0.39 is 12.5 Å². The Kier molecular flexibility index (Phi) is 6.46. The summed E-state index contributed by atoms with van der Waals surface area (Å²) in [6.45, 7) is 1.42. The fourth-order valence-electron chi connectivity index (χ4n) is 4.68. The average Bonchev–Trinajstić information content (AvgIpc) is 3.63. The highest BCUT2D eigenvalue weighted by atomic mass is 35.5. The molecule has 0 bridgehead atoms. The maximum atomic E-state index is 15.1. The van der Waals surface area contributed by atoms with E-state index in [9.17, 15) is 4.39 Å². The van der Waals surface area contributed by atoms with Crippen molar-refractivity contribution in [2.24, 2.45) is 0 Å². The quantitative estimate of drug-likeness (QED) is 0.305. The average molecular weight is 527 g/mol. The summed E-state index contributed by atoms with van der Waals surface area (Å²) in [5.41, 5.74) is 2.61. The van der Waals surface area contributed by atoms with Gasteiger partial charge >= 0.3 is 0 Å². The van der Waals surface area contributed by atoms with Gasteiger partial charge in [-0.1, -0.05) is 11.6 Å². The molecule has 1 saturated carbocycles. The second-order valence-electron chi connectivity index (χ2n) is 9.44. The predicted octanol–water partition coefficient (Wildman–Crippen LogP) is 5.70. The smallest absolute Gasteiger partial charge is 0.236 e. The number of benzene rings is 1. The molecule has 2 fully saturated rings. The van der Waals surface area contributed by atoms with Crippen molar-refractivity contribution in [3.05, 3.63) is 58.5 Å². The summed E-state index contributed by atoms with van der Waals surface area (Å²) in [6.07, 6.45) is 7.49. The van der Waals surface area contributed by atoms with E-state index in [-0.39, 0.29) is 46.3 Å². The van der Waals surface area contributed by atoms with Crippen molar-refractivity contribution >= 4 is 22.8 Å². The molecule has 0 N–H and O–H groups in total. The van der Waals surface area contributed by atoms with Crippen LogP contribution in [-0.2, 0) is 4.74 Å². The van der Waals surface area contributed by atoms with Crippen LogP contribution < -0.4 is 4.74 Å². The third-order valence-corrected chi connectivity index (χ3v) is 6.98. The van der Waals surface area contributed by atoms with Gasteiger partial charge in [-0.15, -0.1) is 0 Å². The van der Waals surface area contributed by atoms with Crippen molar-refractivity contribution in [1.29, 1.82) is 0 Å². The molecule has 0 radical (unpaired) electrons. The number of aryl methyl sites for hydroxylation is 1. The van der Waals surface area contributed by atoms with Crippen molar-refractivity contribution in [3.8, 4) is 17.1 Å². The highest BCUT2D eigenvalue weighted by molar-refractivity contribution is 6.30. The lowest BCUT2D eigenvalue weighted by Crippen LogP contribution is -2.20. The number of aromatic nitrogens is 6. The van der Waals surface area contributed by atoms with Crippen molar-refractivity contribution < 1.29 is 18.3 Å². The van der Waals surface area contributed by atoms with Crippen LogP contribution in [0.15, 0.2) is 30.6 Å². The third kappa shape index (κ3) is 4.87. The first kappa shape index (κ1) is 24.1. The van der Waals surface area contributed by atoms with E-state index in [4.69, 9.17) is 31.0 Å². The fraction of sp³-hybridized carbons (Fsp3) is 0.423. The summed E-state index contributed by atoms with van der Waals surface area (Å²) in [4.78, 5) is 18.6. The van der Waals surface area contributed by atoms with Gasteiger partial charge in [0.2, 0.25) is 5.88 Å². The van der Waals surface area contributed by atoms with Crippen LogP contribution in [0.25, 0.3) is 22.4 Å². The summed E-state index contributed by atoms with van der Waals surface area (Å²) in [6, 6.07) is 4.88. The number of alkyl halides is 1. The van der Waals surface area contributed by atoms with Crippen molar-refractivity contribution in [2.45, 2.75) is 50.7 Å². The van der Waals surface area contributed by atoms with E-state index in [1.54, 1.807) is 19.1 Å². The van der Waals surface area contributed by atoms with Crippen LogP contribution >= 0.6 is 11.6 Å². The zero-order valence-corrected chi connectivity index (χ0v) is 21.0. The number of nitrogens with zero attached hydrogens (tertiary/aromatic N) is 6. The van der Waals surface area contributed by atoms with Crippen molar-refractivity contribution in [1.82, 2.24) is 29.7 Å². The predicted molar refractivity (Wildman–Crippen MR) is 133 cm³/mol. The Bertz CT molecular complexity index is 1460. The normalized spacial score (nSPS) is 19.9. The lowest BCUT2D eigenvalue weighted by Gasteiger charge is -2.28. The van der Waals surface area contributed by atoms with Crippen molar-refractivity contribution in [3.63, 3.8) is 0 Å². The van der Waals surface area contributed by atoms with Crippen LogP contribution in [0.2, 0.25) is 5.02 Å². The second-order valence-corrected chi connectivity index (χ2v) is 9.88. The Labute approximate surface area is 217 Å². The Balaban J connectivity index is 1.41. The minimum atomic E-state index is -0.669. The van der Waals surface area contributed by atoms with E-state index in [0.29, 0.717) is 42.7 Å². The molecule has 2 aliphatic rings. The van der Waals surface area contributed by atoms with Gasteiger partial charge in [0, 0.05) is 34.9 Å². The van der Waals surface area contributed by atoms with Crippen LogP contribution in [0.3, 0.4) is 0 Å². The number of ether oxygens (including phenoxy) is 2. The molecule has 4 aromatic rings. The standard InChI is InChI=1S/C26H25ClF2N6O2/c1-14-26(37-9-7-28)33-23-22(19-5-2-17(27)11-20(19)29)32-24(34-25(23)31-14)15-6-8-36-21(10-15)16-12-30-35(13-16)18-3-4-18/h2,5,11-13,15,18,21H,3-4,6-10H2,1H3. The maximum absolute atomic E-state index is 15.1. The summed E-state index contributed by atoms with van der Waals surface area (Å²) in [5.74, 6) is 0.136. The number of hydrogen-bond acceptors (Lipinski definition) is 7. The van der Waals surface area contributed by atoms with E-state index in [0.717, 1.165) is 18.4 Å². The molecule has 6 rings (SSSR count). The number of hydrogen-bond donors (Lipinski definition) is 0. The number of rotatable bonds is 7. The highest BCUT2D eigenvalue weighted by Crippen LogP contribution is 2.40. The Hall–Kier alpha value is -3.24. The molecule has 1 aromatic carbocycles. The van der Waals surface area contributed by atoms with Gasteiger partial charge in [0.25, 0.3) is 0 Å². The number of fused-ring (bicyclic) bond motifs is 1. The van der Waals surface area contributed by atoms with Gasteiger partial charge in [-0.25, -0.2) is 28.7 Å². The molecule has 0 amide bonds. The van der Waals surface area contributed by atoms with Crippen LogP contribution in [0.5, 0.6) is 5.88 Å².